The fourth-order valence-electron chi connectivity index (χ4n) is 3.18. The van der Waals surface area contributed by atoms with E-state index < -0.39 is 22.5 Å². The summed E-state index contributed by atoms with van der Waals surface area (Å²) in [5.74, 6) is -0.511. The average Bonchev–Trinajstić information content (AvgIpc) is 2.78. The molecule has 0 fully saturated rings. The minimum Gasteiger partial charge on any atom is -0.492 e. The Kier molecular flexibility index (Phi) is 8.14. The second-order valence-corrected chi connectivity index (χ2v) is 9.48. The quantitative estimate of drug-likeness (QED) is 0.448. The van der Waals surface area contributed by atoms with Gasteiger partial charge in [0.2, 0.25) is 11.8 Å². The summed E-state index contributed by atoms with van der Waals surface area (Å²) in [7, 11) is -4.15. The largest absolute Gasteiger partial charge is 0.492 e. The van der Waals surface area contributed by atoms with Crippen molar-refractivity contribution in [2.75, 3.05) is 28.1 Å². The first-order valence-corrected chi connectivity index (χ1v) is 12.2. The van der Waals surface area contributed by atoms with E-state index in [1.807, 2.05) is 0 Å². The van der Waals surface area contributed by atoms with Gasteiger partial charge in [-0.05, 0) is 61.5 Å². The van der Waals surface area contributed by atoms with Crippen LogP contribution in [0.25, 0.3) is 0 Å². The van der Waals surface area contributed by atoms with Crippen LogP contribution >= 0.6 is 11.6 Å². The predicted octanol–water partition coefficient (Wildman–Crippen LogP) is 4.53. The number of hydrogen-bond donors (Lipinski definition) is 2. The van der Waals surface area contributed by atoms with Gasteiger partial charge < -0.3 is 15.4 Å². The van der Waals surface area contributed by atoms with Crippen LogP contribution in [0.1, 0.15) is 13.8 Å². The molecule has 0 spiro atoms. The molecule has 3 aromatic rings. The van der Waals surface area contributed by atoms with Gasteiger partial charge in [0.25, 0.3) is 10.0 Å². The van der Waals surface area contributed by atoms with Gasteiger partial charge in [0.1, 0.15) is 12.3 Å². The Bertz CT molecular complexity index is 1280. The highest BCUT2D eigenvalue weighted by atomic mass is 35.5. The molecule has 0 bridgehead atoms. The van der Waals surface area contributed by atoms with Gasteiger partial charge in [-0.15, -0.1) is 0 Å². The van der Waals surface area contributed by atoms with Crippen LogP contribution in [0.5, 0.6) is 5.75 Å². The molecular weight excluding hydrogens is 478 g/mol. The summed E-state index contributed by atoms with van der Waals surface area (Å²) in [6, 6.07) is 18.8. The fraction of sp³-hybridized carbons (Fsp3) is 0.167. The third-order valence-electron chi connectivity index (χ3n) is 4.59. The van der Waals surface area contributed by atoms with Crippen molar-refractivity contribution in [2.24, 2.45) is 0 Å². The molecule has 3 aromatic carbocycles. The van der Waals surface area contributed by atoms with E-state index in [4.69, 9.17) is 16.3 Å². The molecule has 0 radical (unpaired) electrons. The lowest BCUT2D eigenvalue weighted by Crippen LogP contribution is -2.38. The SMILES string of the molecule is CCOc1ccccc1N(CC(=O)Nc1cccc(NC(C)=O)c1)S(=O)(=O)c1ccc(Cl)cc1. The highest BCUT2D eigenvalue weighted by molar-refractivity contribution is 7.92. The van der Waals surface area contributed by atoms with E-state index in [1.165, 1.54) is 31.2 Å². The van der Waals surface area contributed by atoms with Crippen LogP contribution in [0.15, 0.2) is 77.7 Å². The average molecular weight is 502 g/mol. The molecule has 0 saturated heterocycles. The highest BCUT2D eigenvalue weighted by Gasteiger charge is 2.29. The number of nitrogens with one attached hydrogen (secondary N) is 2. The number of amides is 2. The number of rotatable bonds is 9. The summed E-state index contributed by atoms with van der Waals surface area (Å²) in [6.45, 7) is 2.96. The molecule has 3 rings (SSSR count). The maximum atomic E-state index is 13.6. The van der Waals surface area contributed by atoms with Gasteiger partial charge in [-0.2, -0.15) is 0 Å². The summed E-state index contributed by atoms with van der Waals surface area (Å²) in [4.78, 5) is 24.2. The summed E-state index contributed by atoms with van der Waals surface area (Å²) >= 11 is 5.92. The van der Waals surface area contributed by atoms with E-state index >= 15 is 0 Å². The molecule has 34 heavy (non-hydrogen) atoms. The van der Waals surface area contributed by atoms with Gasteiger partial charge in [0.15, 0.2) is 0 Å². The molecule has 178 valence electrons. The first kappa shape index (κ1) is 25.1. The van der Waals surface area contributed by atoms with Gasteiger partial charge in [-0.25, -0.2) is 8.42 Å². The van der Waals surface area contributed by atoms with Gasteiger partial charge in [-0.3, -0.25) is 13.9 Å². The van der Waals surface area contributed by atoms with Crippen molar-refractivity contribution < 1.29 is 22.7 Å². The summed E-state index contributed by atoms with van der Waals surface area (Å²) in [5, 5.41) is 5.70. The Morgan fingerprint density at radius 1 is 0.941 bits per heavy atom. The van der Waals surface area contributed by atoms with Crippen LogP contribution in [0.2, 0.25) is 5.02 Å². The Morgan fingerprint density at radius 2 is 1.59 bits per heavy atom. The number of anilines is 3. The van der Waals surface area contributed by atoms with Crippen LogP contribution in [0.4, 0.5) is 17.1 Å². The number of hydrogen-bond acceptors (Lipinski definition) is 5. The third kappa shape index (κ3) is 6.27. The second kappa shape index (κ2) is 11.0. The van der Waals surface area contributed by atoms with Crippen LogP contribution < -0.4 is 19.7 Å². The zero-order valence-corrected chi connectivity index (χ0v) is 20.2. The first-order chi connectivity index (χ1) is 16.2. The van der Waals surface area contributed by atoms with Crippen LogP contribution in [-0.4, -0.2) is 33.4 Å². The molecule has 0 unspecified atom stereocenters. The zero-order valence-electron chi connectivity index (χ0n) is 18.6. The molecule has 0 aliphatic carbocycles. The van der Waals surface area contributed by atoms with Gasteiger partial charge in [0.05, 0.1) is 17.2 Å². The van der Waals surface area contributed by atoms with E-state index in [1.54, 1.807) is 55.5 Å². The van der Waals surface area contributed by atoms with E-state index in [0.29, 0.717) is 28.8 Å². The summed E-state index contributed by atoms with van der Waals surface area (Å²) < 4.78 is 33.7. The molecule has 0 aliphatic heterocycles. The van der Waals surface area contributed by atoms with Crippen molar-refractivity contribution in [3.8, 4) is 5.75 Å². The summed E-state index contributed by atoms with van der Waals surface area (Å²) in [6.07, 6.45) is 0. The highest BCUT2D eigenvalue weighted by Crippen LogP contribution is 2.33. The topological polar surface area (TPSA) is 105 Å². The number of para-hydroxylation sites is 2. The standard InChI is InChI=1S/C24H24ClN3O5S/c1-3-33-23-10-5-4-9-22(23)28(34(31,32)21-13-11-18(25)12-14-21)16-24(30)27-20-8-6-7-19(15-20)26-17(2)29/h4-15H,3,16H2,1-2H3,(H,26,29)(H,27,30). The van der Waals surface area contributed by atoms with Gasteiger partial charge in [0, 0.05) is 23.3 Å². The van der Waals surface area contributed by atoms with Crippen molar-refractivity contribution in [1.29, 1.82) is 0 Å². The molecule has 2 amide bonds. The van der Waals surface area contributed by atoms with Crippen LogP contribution in [0.3, 0.4) is 0 Å². The maximum Gasteiger partial charge on any atom is 0.264 e. The number of carbonyl (C=O) groups excluding carboxylic acids is 2. The number of nitrogens with zero attached hydrogens (tertiary/aromatic N) is 1. The molecule has 8 nitrogen and oxygen atoms in total. The molecule has 0 aliphatic rings. The second-order valence-electron chi connectivity index (χ2n) is 7.18. The third-order valence-corrected chi connectivity index (χ3v) is 6.62. The number of sulfonamides is 1. The minimum absolute atomic E-state index is 0.0244. The molecule has 10 heteroatoms. The minimum atomic E-state index is -4.15. The number of carbonyl (C=O) groups is 2. The van der Waals surface area contributed by atoms with Gasteiger partial charge >= 0.3 is 0 Å². The van der Waals surface area contributed by atoms with Crippen molar-refractivity contribution in [2.45, 2.75) is 18.7 Å². The first-order valence-electron chi connectivity index (χ1n) is 10.4. The smallest absolute Gasteiger partial charge is 0.264 e. The lowest BCUT2D eigenvalue weighted by atomic mass is 10.2. The van der Waals surface area contributed by atoms with Crippen molar-refractivity contribution in [3.63, 3.8) is 0 Å². The Morgan fingerprint density at radius 3 is 2.24 bits per heavy atom. The maximum absolute atomic E-state index is 13.6. The fourth-order valence-corrected chi connectivity index (χ4v) is 4.74. The van der Waals surface area contributed by atoms with E-state index in [2.05, 4.69) is 10.6 Å². The Balaban J connectivity index is 1.95. The molecular formula is C24H24ClN3O5S. The molecule has 0 atom stereocenters. The molecule has 0 saturated carbocycles. The number of benzene rings is 3. The predicted molar refractivity (Wildman–Crippen MR) is 133 cm³/mol. The Labute approximate surface area is 203 Å². The van der Waals surface area contributed by atoms with Crippen LogP contribution in [0, 0.1) is 0 Å². The van der Waals surface area contributed by atoms with Crippen molar-refractivity contribution in [3.05, 3.63) is 77.8 Å². The lowest BCUT2D eigenvalue weighted by Gasteiger charge is -2.26. The molecule has 0 heterocycles. The number of halogens is 1. The zero-order chi connectivity index (χ0) is 24.7. The Hall–Kier alpha value is -3.56. The number of ether oxygens (including phenoxy) is 1. The van der Waals surface area contributed by atoms with E-state index in [0.717, 1.165) is 4.31 Å². The normalized spacial score (nSPS) is 10.9. The summed E-state index contributed by atoms with van der Waals surface area (Å²) in [5.41, 5.74) is 1.12. The van der Waals surface area contributed by atoms with Crippen LogP contribution in [-0.2, 0) is 19.6 Å². The van der Waals surface area contributed by atoms with E-state index in [-0.39, 0.29) is 16.5 Å². The molecule has 0 aromatic heterocycles. The lowest BCUT2D eigenvalue weighted by molar-refractivity contribution is -0.115. The molecule has 2 N–H and O–H groups in total. The van der Waals surface area contributed by atoms with Gasteiger partial charge in [-0.1, -0.05) is 29.8 Å². The van der Waals surface area contributed by atoms with Crippen molar-refractivity contribution in [1.82, 2.24) is 0 Å². The van der Waals surface area contributed by atoms with Crippen molar-refractivity contribution >= 4 is 50.5 Å². The monoisotopic (exact) mass is 501 g/mol. The van der Waals surface area contributed by atoms with E-state index in [9.17, 15) is 18.0 Å².